The molecule has 0 radical (unpaired) electrons. The van der Waals surface area contributed by atoms with E-state index in [9.17, 15) is 9.90 Å². The van der Waals surface area contributed by atoms with Crippen molar-refractivity contribution in [1.82, 2.24) is 9.38 Å². The molecule has 0 aliphatic rings. The van der Waals surface area contributed by atoms with E-state index in [1.54, 1.807) is 77.6 Å². The summed E-state index contributed by atoms with van der Waals surface area (Å²) in [6.07, 6.45) is 3.30. The molecular weight excluding hydrogens is 478 g/mol. The molecular formula is C27H21ClN5O3+. The monoisotopic (exact) mass is 498 g/mol. The van der Waals surface area contributed by atoms with Crippen molar-refractivity contribution < 1.29 is 14.5 Å². The fourth-order valence-corrected chi connectivity index (χ4v) is 3.93. The lowest BCUT2D eigenvalue weighted by atomic mass is 10.1. The van der Waals surface area contributed by atoms with Crippen molar-refractivity contribution in [3.63, 3.8) is 0 Å². The van der Waals surface area contributed by atoms with E-state index in [0.717, 1.165) is 5.56 Å². The lowest BCUT2D eigenvalue weighted by Gasteiger charge is -2.10. The van der Waals surface area contributed by atoms with Crippen molar-refractivity contribution >= 4 is 23.1 Å². The molecule has 3 aromatic heterocycles. The molecule has 0 atom stereocenters. The zero-order chi connectivity index (χ0) is 25.1. The van der Waals surface area contributed by atoms with Gasteiger partial charge in [0, 0.05) is 23.4 Å². The Morgan fingerprint density at radius 2 is 1.78 bits per heavy atom. The fourth-order valence-electron chi connectivity index (χ4n) is 3.82. The first-order valence-corrected chi connectivity index (χ1v) is 11.4. The topological polar surface area (TPSA) is 106 Å². The number of amidine groups is 1. The summed E-state index contributed by atoms with van der Waals surface area (Å²) in [5.74, 6) is 0.574. The highest BCUT2D eigenvalue weighted by Gasteiger charge is 2.25. The van der Waals surface area contributed by atoms with E-state index in [1.165, 1.54) is 4.40 Å². The van der Waals surface area contributed by atoms with Gasteiger partial charge in [0.25, 0.3) is 11.5 Å². The van der Waals surface area contributed by atoms with Crippen molar-refractivity contribution in [2.45, 2.75) is 6.54 Å². The van der Waals surface area contributed by atoms with Crippen LogP contribution in [0.1, 0.15) is 11.1 Å². The standard InChI is InChI=1S/C27H20ClN5O3/c28-22-14-9-18(16-30-22)17-33-23-8-4-5-15-32(23)26(34)24(27(33)35)19-10-12-20(13-11-19)25(29)31-36-21-6-2-1-3-7-21/h1-16H,17H2,(H2-,29,31,34,35)/p+1. The summed E-state index contributed by atoms with van der Waals surface area (Å²) in [7, 11) is 0. The lowest BCUT2D eigenvalue weighted by molar-refractivity contribution is -0.671. The van der Waals surface area contributed by atoms with Crippen molar-refractivity contribution in [3.05, 3.63) is 124 Å². The van der Waals surface area contributed by atoms with Gasteiger partial charge in [-0.3, -0.25) is 0 Å². The van der Waals surface area contributed by atoms with Crippen LogP contribution in [0.5, 0.6) is 11.6 Å². The van der Waals surface area contributed by atoms with Crippen LogP contribution in [0.2, 0.25) is 5.15 Å². The van der Waals surface area contributed by atoms with Gasteiger partial charge in [-0.15, -0.1) is 0 Å². The van der Waals surface area contributed by atoms with Crippen molar-refractivity contribution in [2.75, 3.05) is 0 Å². The maximum absolute atomic E-state index is 13.4. The summed E-state index contributed by atoms with van der Waals surface area (Å²) in [6.45, 7) is 0.283. The Hall–Kier alpha value is -4.69. The number of nitrogens with two attached hydrogens (primary N) is 1. The first kappa shape index (κ1) is 23.1. The van der Waals surface area contributed by atoms with E-state index in [1.807, 2.05) is 24.3 Å². The van der Waals surface area contributed by atoms with Crippen LogP contribution in [0.25, 0.3) is 16.8 Å². The Kier molecular flexibility index (Phi) is 6.34. The molecule has 0 unspecified atom stereocenters. The number of fused-ring (bicyclic) bond motifs is 1. The molecule has 0 aliphatic carbocycles. The fraction of sp³-hybridized carbons (Fsp3) is 0.0370. The van der Waals surface area contributed by atoms with Crippen LogP contribution >= 0.6 is 11.6 Å². The number of rotatable bonds is 6. The Bertz CT molecular complexity index is 1620. The molecule has 5 rings (SSSR count). The summed E-state index contributed by atoms with van der Waals surface area (Å²) in [4.78, 5) is 22.8. The third-order valence-electron chi connectivity index (χ3n) is 5.62. The number of pyridine rings is 2. The second-order valence-electron chi connectivity index (χ2n) is 7.97. The predicted molar refractivity (Wildman–Crippen MR) is 137 cm³/mol. The predicted octanol–water partition coefficient (Wildman–Crippen LogP) is 3.76. The summed E-state index contributed by atoms with van der Waals surface area (Å²) in [5.41, 5.74) is 8.36. The third-order valence-corrected chi connectivity index (χ3v) is 5.84. The first-order chi connectivity index (χ1) is 17.5. The number of nitrogens with zero attached hydrogens (tertiary/aromatic N) is 4. The Balaban J connectivity index is 1.53. The highest BCUT2D eigenvalue weighted by atomic mass is 35.5. The molecule has 3 N–H and O–H groups in total. The zero-order valence-electron chi connectivity index (χ0n) is 19.0. The van der Waals surface area contributed by atoms with Crippen LogP contribution in [0.4, 0.5) is 0 Å². The van der Waals surface area contributed by atoms with Gasteiger partial charge in [-0.1, -0.05) is 71.4 Å². The van der Waals surface area contributed by atoms with E-state index in [2.05, 4.69) is 10.1 Å². The maximum atomic E-state index is 13.4. The number of hydrogen-bond donors (Lipinski definition) is 2. The van der Waals surface area contributed by atoms with Gasteiger partial charge in [0.15, 0.2) is 17.1 Å². The number of halogens is 1. The number of hydrogen-bond acceptors (Lipinski definition) is 5. The average Bonchev–Trinajstić information content (AvgIpc) is 2.92. The van der Waals surface area contributed by atoms with Crippen molar-refractivity contribution in [3.8, 4) is 22.8 Å². The number of aromatic hydroxyl groups is 1. The van der Waals surface area contributed by atoms with Crippen molar-refractivity contribution in [2.24, 2.45) is 10.9 Å². The first-order valence-electron chi connectivity index (χ1n) is 11.0. The van der Waals surface area contributed by atoms with Gasteiger partial charge in [0.1, 0.15) is 11.7 Å². The van der Waals surface area contributed by atoms with E-state index in [0.29, 0.717) is 27.7 Å². The van der Waals surface area contributed by atoms with Crippen LogP contribution in [-0.2, 0) is 6.54 Å². The molecule has 2 aromatic carbocycles. The summed E-state index contributed by atoms with van der Waals surface area (Å²) in [6, 6.07) is 24.8. The van der Waals surface area contributed by atoms with Crippen molar-refractivity contribution in [1.29, 1.82) is 0 Å². The minimum atomic E-state index is -0.351. The maximum Gasteiger partial charge on any atom is 0.354 e. The molecule has 0 bridgehead atoms. The molecule has 5 aromatic rings. The molecule has 36 heavy (non-hydrogen) atoms. The smallest absolute Gasteiger partial charge is 0.354 e. The average molecular weight is 499 g/mol. The van der Waals surface area contributed by atoms with Gasteiger partial charge in [-0.2, -0.15) is 8.97 Å². The quantitative estimate of drug-likeness (QED) is 0.122. The normalized spacial score (nSPS) is 11.5. The number of aromatic nitrogens is 3. The molecule has 8 nitrogen and oxygen atoms in total. The third kappa shape index (κ3) is 4.62. The van der Waals surface area contributed by atoms with Gasteiger partial charge in [0.05, 0.1) is 6.20 Å². The van der Waals surface area contributed by atoms with Crippen LogP contribution in [0.15, 0.2) is 107 Å². The molecule has 9 heteroatoms. The minimum absolute atomic E-state index is 0.156. The summed E-state index contributed by atoms with van der Waals surface area (Å²) in [5, 5.41) is 15.6. The Morgan fingerprint density at radius 1 is 1.03 bits per heavy atom. The molecule has 0 saturated carbocycles. The van der Waals surface area contributed by atoms with Crippen LogP contribution in [0.3, 0.4) is 0 Å². The van der Waals surface area contributed by atoms with E-state index >= 15 is 0 Å². The minimum Gasteiger partial charge on any atom is -0.477 e. The van der Waals surface area contributed by atoms with Crippen LogP contribution in [-0.4, -0.2) is 20.3 Å². The van der Waals surface area contributed by atoms with Gasteiger partial charge in [-0.05, 0) is 29.8 Å². The second kappa shape index (κ2) is 9.89. The Morgan fingerprint density at radius 3 is 2.50 bits per heavy atom. The van der Waals surface area contributed by atoms with Gasteiger partial charge in [0.2, 0.25) is 0 Å². The molecule has 0 aliphatic heterocycles. The van der Waals surface area contributed by atoms with E-state index in [4.69, 9.17) is 22.2 Å². The van der Waals surface area contributed by atoms with Crippen LogP contribution in [0, 0.1) is 0 Å². The molecule has 178 valence electrons. The number of benzene rings is 2. The SMILES string of the molecule is N/C(=N\Oc1ccccc1)c1ccc(-c2c(O)[n+](Cc3ccc(Cl)nc3)c3ccccn3c2=O)cc1. The van der Waals surface area contributed by atoms with Gasteiger partial charge in [-0.25, -0.2) is 9.78 Å². The summed E-state index contributed by atoms with van der Waals surface area (Å²) < 4.78 is 3.15. The molecule has 3 heterocycles. The lowest BCUT2D eigenvalue weighted by Crippen LogP contribution is -2.41. The highest BCUT2D eigenvalue weighted by Crippen LogP contribution is 2.24. The molecule has 0 spiro atoms. The van der Waals surface area contributed by atoms with Gasteiger partial charge >= 0.3 is 5.56 Å². The van der Waals surface area contributed by atoms with E-state index in [-0.39, 0.29) is 29.4 Å². The zero-order valence-corrected chi connectivity index (χ0v) is 19.7. The largest absolute Gasteiger partial charge is 0.477 e. The number of para-hydroxylation sites is 1. The Labute approximate surface area is 211 Å². The van der Waals surface area contributed by atoms with Crippen LogP contribution < -0.4 is 20.7 Å². The summed E-state index contributed by atoms with van der Waals surface area (Å²) >= 11 is 5.92. The number of oxime groups is 1. The van der Waals surface area contributed by atoms with E-state index < -0.39 is 0 Å². The molecule has 0 fully saturated rings. The molecule has 0 saturated heterocycles. The molecule has 0 amide bonds. The van der Waals surface area contributed by atoms with Gasteiger partial charge < -0.3 is 15.7 Å². The highest BCUT2D eigenvalue weighted by molar-refractivity contribution is 6.29. The second-order valence-corrected chi connectivity index (χ2v) is 8.35.